The van der Waals surface area contributed by atoms with Crippen molar-refractivity contribution >= 4 is 68.4 Å². The fourth-order valence-corrected chi connectivity index (χ4v) is 15.6. The fourth-order valence-electron chi connectivity index (χ4n) is 15.6. The van der Waals surface area contributed by atoms with Crippen molar-refractivity contribution < 1.29 is 9.15 Å². The number of hydrogen-bond donors (Lipinski definition) is 0. The third-order valence-electron chi connectivity index (χ3n) is 21.0. The maximum Gasteiger partial charge on any atom is 0.297 e. The molecule has 4 aliphatic carbocycles. The number of aryl methyl sites for hydroxylation is 1. The Balaban J connectivity index is 1.11. The molecule has 0 fully saturated rings. The molecule has 0 saturated carbocycles. The molecule has 14 rings (SSSR count). The first-order valence-electron chi connectivity index (χ1n) is 29.6. The van der Waals surface area contributed by atoms with Crippen molar-refractivity contribution in [1.29, 1.82) is 0 Å². The second-order valence-electron chi connectivity index (χ2n) is 30.1. The van der Waals surface area contributed by atoms with E-state index in [1.54, 1.807) is 0 Å². The summed E-state index contributed by atoms with van der Waals surface area (Å²) in [4.78, 5) is 5.36. The number of rotatable bonds is 3. The zero-order valence-electron chi connectivity index (χ0n) is 49.7. The minimum Gasteiger partial charge on any atom is -0.485 e. The third kappa shape index (κ3) is 7.16. The van der Waals surface area contributed by atoms with Crippen molar-refractivity contribution in [3.05, 3.63) is 165 Å². The molecule has 0 radical (unpaired) electrons. The molecule has 0 bridgehead atoms. The molecule has 0 saturated heterocycles. The van der Waals surface area contributed by atoms with Crippen LogP contribution in [0.2, 0.25) is 0 Å². The molecule has 4 nitrogen and oxygen atoms in total. The number of benzene rings is 6. The minimum absolute atomic E-state index is 0.000601. The highest BCUT2D eigenvalue weighted by Crippen LogP contribution is 2.57. The van der Waals surface area contributed by atoms with E-state index in [1.807, 2.05) is 0 Å². The van der Waals surface area contributed by atoms with E-state index in [0.717, 1.165) is 61.2 Å². The largest absolute Gasteiger partial charge is 0.485 e. The summed E-state index contributed by atoms with van der Waals surface area (Å²) in [5, 5.41) is 1.20. The van der Waals surface area contributed by atoms with Crippen LogP contribution in [0.15, 0.2) is 125 Å². The van der Waals surface area contributed by atoms with Crippen LogP contribution in [0.25, 0.3) is 22.1 Å². The lowest BCUT2D eigenvalue weighted by Gasteiger charge is -2.47. The lowest BCUT2D eigenvalue weighted by molar-refractivity contribution is 0.266. The molecule has 0 spiro atoms. The zero-order valence-corrected chi connectivity index (χ0v) is 49.7. The second-order valence-corrected chi connectivity index (χ2v) is 30.1. The van der Waals surface area contributed by atoms with Gasteiger partial charge < -0.3 is 19.0 Å². The molecule has 2 unspecified atom stereocenters. The highest BCUT2D eigenvalue weighted by molar-refractivity contribution is 7.00. The summed E-state index contributed by atoms with van der Waals surface area (Å²) >= 11 is 0. The maximum absolute atomic E-state index is 7.83. The van der Waals surface area contributed by atoms with Crippen LogP contribution >= 0.6 is 0 Å². The molecule has 7 aromatic rings. The average molecular weight is 1030 g/mol. The molecule has 3 aliphatic heterocycles. The Kier molecular flexibility index (Phi) is 10.3. The molecule has 398 valence electrons. The predicted molar refractivity (Wildman–Crippen MR) is 330 cm³/mol. The number of nitrogens with zero attached hydrogens (tertiary/aromatic N) is 2. The van der Waals surface area contributed by atoms with Crippen LogP contribution in [0.3, 0.4) is 0 Å². The van der Waals surface area contributed by atoms with E-state index >= 15 is 0 Å². The lowest BCUT2D eigenvalue weighted by atomic mass is 9.35. The van der Waals surface area contributed by atoms with Crippen molar-refractivity contribution in [2.45, 2.75) is 194 Å². The number of furan rings is 1. The minimum atomic E-state index is -0.166. The van der Waals surface area contributed by atoms with Crippen molar-refractivity contribution in [3.63, 3.8) is 0 Å². The zero-order chi connectivity index (χ0) is 54.8. The van der Waals surface area contributed by atoms with Crippen LogP contribution in [0.5, 0.6) is 5.75 Å². The van der Waals surface area contributed by atoms with Crippen molar-refractivity contribution in [2.24, 2.45) is 5.41 Å². The van der Waals surface area contributed by atoms with Gasteiger partial charge in [0.2, 0.25) is 0 Å². The molecule has 5 heteroatoms. The highest BCUT2D eigenvalue weighted by Gasteiger charge is 2.51. The van der Waals surface area contributed by atoms with Crippen LogP contribution in [0, 0.1) is 12.3 Å². The second kappa shape index (κ2) is 16.0. The summed E-state index contributed by atoms with van der Waals surface area (Å²) in [5.41, 5.74) is 27.1. The van der Waals surface area contributed by atoms with Gasteiger partial charge in [-0.15, -0.1) is 0 Å². The van der Waals surface area contributed by atoms with Gasteiger partial charge >= 0.3 is 0 Å². The maximum atomic E-state index is 7.83. The quantitative estimate of drug-likeness (QED) is 0.165. The first-order valence-corrected chi connectivity index (χ1v) is 29.6. The van der Waals surface area contributed by atoms with Gasteiger partial charge in [0.05, 0.1) is 17.0 Å². The van der Waals surface area contributed by atoms with Crippen molar-refractivity contribution in [2.75, 3.05) is 9.80 Å². The van der Waals surface area contributed by atoms with Crippen LogP contribution in [0.1, 0.15) is 193 Å². The van der Waals surface area contributed by atoms with E-state index in [4.69, 9.17) is 9.15 Å². The Bertz CT molecular complexity index is 3810. The number of hydrogen-bond acceptors (Lipinski definition) is 4. The van der Waals surface area contributed by atoms with E-state index in [1.165, 1.54) is 106 Å². The number of fused-ring (bicyclic) bond motifs is 12. The topological polar surface area (TPSA) is 28.9 Å². The Labute approximate surface area is 466 Å². The van der Waals surface area contributed by atoms with Gasteiger partial charge in [-0.1, -0.05) is 152 Å². The third-order valence-corrected chi connectivity index (χ3v) is 21.0. The summed E-state index contributed by atoms with van der Waals surface area (Å²) in [6.45, 7) is 38.8. The standard InChI is InChI=1S/C73H81BN2O2/c1-42-32-59-64-60(33-42)76(57-39-53-50(68(5,6)26-29-71(53,11)12)36-46(57)43-20-18-17-19-21-43)58-40-54-52(70(9,10)28-30-72(54,13)14)38-56(58)74(64)66-65(49-37-51-55(41-63(49)78-66)73(15,16)31-27-69(51,7)8)75(59)45-23-25-62-48(35-45)47-34-44(67(2,3)4)22-24-61(47)77-62/h17-25,32-41,47,61H,26-31H2,1-16H3. The van der Waals surface area contributed by atoms with Crippen LogP contribution in [-0.4, -0.2) is 12.8 Å². The Morgan fingerprint density at radius 3 is 1.69 bits per heavy atom. The first-order chi connectivity index (χ1) is 36.6. The van der Waals surface area contributed by atoms with Gasteiger partial charge in [0, 0.05) is 45.2 Å². The normalized spacial score (nSPS) is 22.7. The monoisotopic (exact) mass is 1030 g/mol. The summed E-state index contributed by atoms with van der Waals surface area (Å²) in [6.07, 6.45) is 13.9. The van der Waals surface area contributed by atoms with E-state index in [9.17, 15) is 0 Å². The summed E-state index contributed by atoms with van der Waals surface area (Å²) in [7, 11) is 0. The van der Waals surface area contributed by atoms with Gasteiger partial charge in [-0.05, 0) is 211 Å². The smallest absolute Gasteiger partial charge is 0.297 e. The van der Waals surface area contributed by atoms with E-state index in [-0.39, 0.29) is 56.6 Å². The summed E-state index contributed by atoms with van der Waals surface area (Å²) < 4.78 is 14.6. The van der Waals surface area contributed by atoms with E-state index in [0.29, 0.717) is 0 Å². The summed E-state index contributed by atoms with van der Waals surface area (Å²) in [5.74, 6) is 1.10. The van der Waals surface area contributed by atoms with Gasteiger partial charge in [0.25, 0.3) is 6.71 Å². The number of anilines is 6. The summed E-state index contributed by atoms with van der Waals surface area (Å²) in [6, 6.07) is 38.9. The molecule has 4 heterocycles. The molecule has 0 amide bonds. The molecular formula is C73H81BN2O2. The molecular weight excluding hydrogens is 948 g/mol. The Hall–Kier alpha value is -6.20. The number of allylic oxidation sites excluding steroid dienone is 2. The molecule has 2 atom stereocenters. The average Bonchev–Trinajstić information content (AvgIpc) is 3.79. The molecule has 1 aromatic heterocycles. The van der Waals surface area contributed by atoms with Gasteiger partial charge in [0.1, 0.15) is 17.4 Å². The fraction of sp³-hybridized carbons (Fsp3) is 0.425. The predicted octanol–water partition coefficient (Wildman–Crippen LogP) is 17.9. The molecule has 6 aromatic carbocycles. The van der Waals surface area contributed by atoms with Crippen molar-refractivity contribution in [1.82, 2.24) is 0 Å². The van der Waals surface area contributed by atoms with Gasteiger partial charge in [-0.25, -0.2) is 0 Å². The van der Waals surface area contributed by atoms with Crippen LogP contribution < -0.4 is 31.1 Å². The number of ether oxygens (including phenoxy) is 1. The molecule has 0 N–H and O–H groups in total. The Morgan fingerprint density at radius 1 is 0.551 bits per heavy atom. The SMILES string of the molecule is Cc1cc2c3c(c1)N(c1ccc4c(c1)C1C=C(C(C)(C)C)C=CC1O4)c1c(oc4cc5c(cc14)C(C)(C)CCC5(C)C)B3c1cc3c(cc1N2c1cc2c(cc1-c1ccccc1)C(C)(C)CCC2(C)C)C(C)(C)CCC3(C)C. The molecule has 7 aliphatic rings. The first kappa shape index (κ1) is 50.1. The lowest BCUT2D eigenvalue weighted by Crippen LogP contribution is -2.61. The van der Waals surface area contributed by atoms with Crippen LogP contribution in [0.4, 0.5) is 34.1 Å². The Morgan fingerprint density at radius 2 is 1.09 bits per heavy atom. The van der Waals surface area contributed by atoms with Crippen molar-refractivity contribution in [3.8, 4) is 16.9 Å². The van der Waals surface area contributed by atoms with E-state index in [2.05, 4.69) is 236 Å². The van der Waals surface area contributed by atoms with Crippen LogP contribution in [-0.2, 0) is 32.5 Å². The van der Waals surface area contributed by atoms with Gasteiger partial charge in [-0.3, -0.25) is 0 Å². The van der Waals surface area contributed by atoms with Gasteiger partial charge in [-0.2, -0.15) is 0 Å². The highest BCUT2D eigenvalue weighted by atomic mass is 16.5. The van der Waals surface area contributed by atoms with E-state index < -0.39 is 0 Å². The molecule has 78 heavy (non-hydrogen) atoms. The van der Waals surface area contributed by atoms with Gasteiger partial charge in [0.15, 0.2) is 0 Å².